The largest absolute Gasteiger partial charge is 0.318 e. The van der Waals surface area contributed by atoms with E-state index in [-0.39, 0.29) is 17.1 Å². The van der Waals surface area contributed by atoms with Crippen molar-refractivity contribution in [2.75, 3.05) is 5.32 Å². The van der Waals surface area contributed by atoms with E-state index in [1.165, 1.54) is 16.4 Å². The highest BCUT2D eigenvalue weighted by Crippen LogP contribution is 2.25. The number of halogens is 3. The van der Waals surface area contributed by atoms with Crippen LogP contribution in [0, 0.1) is 25.5 Å². The van der Waals surface area contributed by atoms with E-state index < -0.39 is 17.5 Å². The highest BCUT2D eigenvalue weighted by molar-refractivity contribution is 7.98. The maximum absolute atomic E-state index is 14.0. The molecule has 2 aromatic heterocycles. The van der Waals surface area contributed by atoms with Gasteiger partial charge in [0, 0.05) is 28.2 Å². The fraction of sp³-hybridized carbons (Fsp3) is 0.136. The molecule has 0 aliphatic heterocycles. The summed E-state index contributed by atoms with van der Waals surface area (Å²) in [6.07, 6.45) is 0. The molecule has 0 saturated heterocycles. The summed E-state index contributed by atoms with van der Waals surface area (Å²) >= 11 is 7.29. The fourth-order valence-corrected chi connectivity index (χ4v) is 4.13. The van der Waals surface area contributed by atoms with Crippen molar-refractivity contribution in [2.24, 2.45) is 0 Å². The fourth-order valence-electron chi connectivity index (χ4n) is 3.06. The summed E-state index contributed by atoms with van der Waals surface area (Å²) in [6, 6.07) is 11.5. The van der Waals surface area contributed by atoms with Crippen LogP contribution in [0.5, 0.6) is 0 Å². The summed E-state index contributed by atoms with van der Waals surface area (Å²) in [7, 11) is 0. The van der Waals surface area contributed by atoms with E-state index >= 15 is 0 Å². The van der Waals surface area contributed by atoms with Crippen molar-refractivity contribution in [1.29, 1.82) is 0 Å². The molecular weight excluding hydrogens is 470 g/mol. The maximum atomic E-state index is 14.0. The first-order chi connectivity index (χ1) is 15.8. The Hall–Kier alpha value is -3.37. The second kappa shape index (κ2) is 9.63. The van der Waals surface area contributed by atoms with Crippen molar-refractivity contribution in [2.45, 2.75) is 24.8 Å². The molecular formula is C22H17ClF2N6OS. The number of hydrogen-bond acceptors (Lipinski definition) is 6. The molecule has 0 aliphatic carbocycles. The van der Waals surface area contributed by atoms with Crippen LogP contribution in [0.2, 0.25) is 5.02 Å². The predicted octanol–water partition coefficient (Wildman–Crippen LogP) is 5.15. The van der Waals surface area contributed by atoms with Gasteiger partial charge in [-0.3, -0.25) is 4.79 Å². The van der Waals surface area contributed by atoms with Gasteiger partial charge in [0.1, 0.15) is 11.6 Å². The molecule has 0 fully saturated rings. The molecule has 2 heterocycles. The van der Waals surface area contributed by atoms with Gasteiger partial charge in [0.2, 0.25) is 0 Å². The number of hydrogen-bond donors (Lipinski definition) is 1. The number of rotatable bonds is 6. The van der Waals surface area contributed by atoms with Gasteiger partial charge in [-0.2, -0.15) is 0 Å². The van der Waals surface area contributed by atoms with Gasteiger partial charge in [-0.25, -0.2) is 23.4 Å². The summed E-state index contributed by atoms with van der Waals surface area (Å²) in [5.41, 5.74) is 2.35. The first-order valence-electron chi connectivity index (χ1n) is 9.72. The van der Waals surface area contributed by atoms with Gasteiger partial charge in [0.25, 0.3) is 5.91 Å². The van der Waals surface area contributed by atoms with Crippen LogP contribution in [-0.2, 0) is 5.75 Å². The van der Waals surface area contributed by atoms with Crippen molar-refractivity contribution in [3.8, 4) is 5.69 Å². The van der Waals surface area contributed by atoms with E-state index in [4.69, 9.17) is 11.6 Å². The number of benzene rings is 2. The second-order valence-corrected chi connectivity index (χ2v) is 8.45. The molecule has 11 heteroatoms. The van der Waals surface area contributed by atoms with E-state index in [0.29, 0.717) is 21.6 Å². The van der Waals surface area contributed by atoms with Crippen LogP contribution in [-0.4, -0.2) is 30.9 Å². The first-order valence-corrected chi connectivity index (χ1v) is 11.1. The van der Waals surface area contributed by atoms with E-state index in [2.05, 4.69) is 25.6 Å². The number of nitrogens with one attached hydrogen (secondary N) is 1. The summed E-state index contributed by atoms with van der Waals surface area (Å²) in [5, 5.41) is 11.5. The van der Waals surface area contributed by atoms with Crippen LogP contribution in [0.3, 0.4) is 0 Å². The molecule has 0 unspecified atom stereocenters. The van der Waals surface area contributed by atoms with Crippen molar-refractivity contribution in [3.05, 3.63) is 88.0 Å². The minimum Gasteiger partial charge on any atom is -0.318 e. The number of amides is 1. The van der Waals surface area contributed by atoms with Crippen LogP contribution < -0.4 is 5.32 Å². The molecule has 0 bridgehead atoms. The molecule has 0 spiro atoms. The highest BCUT2D eigenvalue weighted by atomic mass is 35.5. The molecule has 1 amide bonds. The lowest BCUT2D eigenvalue weighted by Gasteiger charge is -2.09. The zero-order valence-corrected chi connectivity index (χ0v) is 19.1. The average Bonchev–Trinajstić information content (AvgIpc) is 3.19. The van der Waals surface area contributed by atoms with Crippen molar-refractivity contribution in [1.82, 2.24) is 25.0 Å². The summed E-state index contributed by atoms with van der Waals surface area (Å²) in [5.74, 6) is -1.93. The first kappa shape index (κ1) is 22.8. The van der Waals surface area contributed by atoms with Gasteiger partial charge in [-0.15, -0.1) is 5.10 Å². The minimum atomic E-state index is -0.769. The smallest absolute Gasteiger partial charge is 0.278 e. The lowest BCUT2D eigenvalue weighted by atomic mass is 10.2. The predicted molar refractivity (Wildman–Crippen MR) is 122 cm³/mol. The van der Waals surface area contributed by atoms with Crippen molar-refractivity contribution in [3.63, 3.8) is 0 Å². The minimum absolute atomic E-state index is 0.0366. The molecule has 7 nitrogen and oxygen atoms in total. The number of carbonyl (C=O) groups excluding carboxylic acids is 1. The summed E-state index contributed by atoms with van der Waals surface area (Å²) in [4.78, 5) is 21.7. The van der Waals surface area contributed by atoms with Gasteiger partial charge >= 0.3 is 0 Å². The van der Waals surface area contributed by atoms with Crippen LogP contribution in [0.1, 0.15) is 27.6 Å². The van der Waals surface area contributed by atoms with E-state index in [1.54, 1.807) is 24.3 Å². The molecule has 4 aromatic rings. The Morgan fingerprint density at radius 2 is 1.76 bits per heavy atom. The molecule has 168 valence electrons. The third kappa shape index (κ3) is 5.35. The van der Waals surface area contributed by atoms with Crippen LogP contribution in [0.15, 0.2) is 53.7 Å². The van der Waals surface area contributed by atoms with Gasteiger partial charge in [-0.1, -0.05) is 28.6 Å². The number of aromatic nitrogens is 5. The standard InChI is InChI=1S/C22H17ClF2N6OS/c1-12-9-13(2)27-22(26-12)33-11-19-20(21(32)28-18-10-15(24)5-8-17(18)25)29-30-31(19)16-6-3-14(23)4-7-16/h3-10H,11H2,1-2H3,(H,28,32). The Labute approximate surface area is 197 Å². The molecule has 2 aromatic carbocycles. The van der Waals surface area contributed by atoms with Gasteiger partial charge in [-0.05, 0) is 56.3 Å². The van der Waals surface area contributed by atoms with E-state index in [0.717, 1.165) is 29.6 Å². The monoisotopic (exact) mass is 486 g/mol. The number of aryl methyl sites for hydroxylation is 2. The lowest BCUT2D eigenvalue weighted by molar-refractivity contribution is 0.102. The maximum Gasteiger partial charge on any atom is 0.278 e. The number of anilines is 1. The zero-order valence-electron chi connectivity index (χ0n) is 17.5. The number of nitrogens with zero attached hydrogens (tertiary/aromatic N) is 5. The molecule has 0 saturated carbocycles. The Bertz CT molecular complexity index is 1310. The lowest BCUT2D eigenvalue weighted by Crippen LogP contribution is -2.16. The van der Waals surface area contributed by atoms with E-state index in [1.807, 2.05) is 19.9 Å². The average molecular weight is 487 g/mol. The Balaban J connectivity index is 1.69. The SMILES string of the molecule is Cc1cc(C)nc(SCc2c(C(=O)Nc3cc(F)ccc3F)nnn2-c2ccc(Cl)cc2)n1. The van der Waals surface area contributed by atoms with Crippen molar-refractivity contribution < 1.29 is 13.6 Å². The molecule has 0 radical (unpaired) electrons. The Morgan fingerprint density at radius 3 is 2.45 bits per heavy atom. The Kier molecular flexibility index (Phi) is 6.66. The van der Waals surface area contributed by atoms with Crippen LogP contribution in [0.25, 0.3) is 5.69 Å². The van der Waals surface area contributed by atoms with Crippen molar-refractivity contribution >= 4 is 35.0 Å². The molecule has 0 atom stereocenters. The van der Waals surface area contributed by atoms with E-state index in [9.17, 15) is 13.6 Å². The number of thioether (sulfide) groups is 1. The third-order valence-electron chi connectivity index (χ3n) is 4.53. The van der Waals surface area contributed by atoms with Gasteiger partial charge < -0.3 is 5.32 Å². The third-order valence-corrected chi connectivity index (χ3v) is 5.64. The second-order valence-electron chi connectivity index (χ2n) is 7.07. The molecule has 33 heavy (non-hydrogen) atoms. The molecule has 4 rings (SSSR count). The quantitative estimate of drug-likeness (QED) is 0.299. The summed E-state index contributed by atoms with van der Waals surface area (Å²) in [6.45, 7) is 3.73. The topological polar surface area (TPSA) is 85.6 Å². The highest BCUT2D eigenvalue weighted by Gasteiger charge is 2.22. The molecule has 1 N–H and O–H groups in total. The zero-order chi connectivity index (χ0) is 23.5. The van der Waals surface area contributed by atoms with Gasteiger partial charge in [0.15, 0.2) is 10.9 Å². The number of carbonyl (C=O) groups is 1. The molecule has 0 aliphatic rings. The van der Waals surface area contributed by atoms with Gasteiger partial charge in [0.05, 0.1) is 17.1 Å². The normalized spacial score (nSPS) is 10.9. The Morgan fingerprint density at radius 1 is 1.06 bits per heavy atom. The van der Waals surface area contributed by atoms with Crippen LogP contribution >= 0.6 is 23.4 Å². The summed E-state index contributed by atoms with van der Waals surface area (Å²) < 4.78 is 29.1. The van der Waals surface area contributed by atoms with Crippen LogP contribution in [0.4, 0.5) is 14.5 Å².